The van der Waals surface area contributed by atoms with Crippen molar-refractivity contribution < 1.29 is 4.79 Å². The van der Waals surface area contributed by atoms with Crippen LogP contribution in [0.1, 0.15) is 22.7 Å². The summed E-state index contributed by atoms with van der Waals surface area (Å²) >= 11 is 0. The van der Waals surface area contributed by atoms with Crippen LogP contribution in [0.5, 0.6) is 0 Å². The quantitative estimate of drug-likeness (QED) is 0.611. The van der Waals surface area contributed by atoms with Gasteiger partial charge in [0.2, 0.25) is 0 Å². The second-order valence-corrected chi connectivity index (χ2v) is 3.53. The molecule has 5 heteroatoms. The Kier molecular flexibility index (Phi) is 2.49. The van der Waals surface area contributed by atoms with E-state index in [1.807, 2.05) is 6.92 Å². The zero-order chi connectivity index (χ0) is 9.97. The smallest absolute Gasteiger partial charge is 0.271 e. The van der Waals surface area contributed by atoms with Crippen LogP contribution in [0.15, 0.2) is 6.20 Å². The number of nitrogens with one attached hydrogen (secondary N) is 3. The summed E-state index contributed by atoms with van der Waals surface area (Å²) in [5.41, 5.74) is 0.467. The van der Waals surface area contributed by atoms with Crippen molar-refractivity contribution in [1.82, 2.24) is 20.6 Å². The molecule has 14 heavy (non-hydrogen) atoms. The number of aromatic nitrogens is 2. The summed E-state index contributed by atoms with van der Waals surface area (Å²) in [4.78, 5) is 18.5. The summed E-state index contributed by atoms with van der Waals surface area (Å²) in [6, 6.07) is 0.250. The number of nitrogens with zero attached hydrogens (tertiary/aromatic N) is 1. The Morgan fingerprint density at radius 2 is 2.57 bits per heavy atom. The number of rotatable bonds is 2. The molecular weight excluding hydrogens is 180 g/mol. The van der Waals surface area contributed by atoms with Crippen molar-refractivity contribution in [2.45, 2.75) is 19.4 Å². The molecule has 0 bridgehead atoms. The fourth-order valence-corrected chi connectivity index (χ4v) is 1.57. The van der Waals surface area contributed by atoms with Crippen molar-refractivity contribution >= 4 is 5.91 Å². The van der Waals surface area contributed by atoms with Gasteiger partial charge in [0, 0.05) is 18.8 Å². The number of imidazole rings is 1. The van der Waals surface area contributed by atoms with Crippen LogP contribution >= 0.6 is 0 Å². The van der Waals surface area contributed by atoms with Gasteiger partial charge in [0.15, 0.2) is 0 Å². The normalized spacial score (nSPS) is 21.1. The van der Waals surface area contributed by atoms with Crippen LogP contribution in [-0.2, 0) is 0 Å². The maximum atomic E-state index is 11.6. The molecular formula is C9H14N4O. The van der Waals surface area contributed by atoms with Gasteiger partial charge in [0.25, 0.3) is 5.91 Å². The Morgan fingerprint density at radius 1 is 1.71 bits per heavy atom. The Balaban J connectivity index is 1.95. The highest BCUT2D eigenvalue weighted by molar-refractivity contribution is 5.92. The fraction of sp³-hybridized carbons (Fsp3) is 0.556. The Bertz CT molecular complexity index is 327. The zero-order valence-corrected chi connectivity index (χ0v) is 8.13. The average Bonchev–Trinajstić information content (AvgIpc) is 2.75. The van der Waals surface area contributed by atoms with Gasteiger partial charge in [-0.1, -0.05) is 0 Å². The molecule has 0 saturated carbocycles. The number of carbonyl (C=O) groups excluding carboxylic acids is 1. The summed E-state index contributed by atoms with van der Waals surface area (Å²) in [5.74, 6) is 0.669. The Morgan fingerprint density at radius 3 is 3.14 bits per heavy atom. The number of aryl methyl sites for hydroxylation is 1. The van der Waals surface area contributed by atoms with Gasteiger partial charge < -0.3 is 15.6 Å². The van der Waals surface area contributed by atoms with Gasteiger partial charge in [-0.15, -0.1) is 0 Å². The highest BCUT2D eigenvalue weighted by Crippen LogP contribution is 2.00. The molecule has 1 amide bonds. The van der Waals surface area contributed by atoms with E-state index in [9.17, 15) is 4.79 Å². The largest absolute Gasteiger partial charge is 0.348 e. The van der Waals surface area contributed by atoms with Crippen LogP contribution in [0.2, 0.25) is 0 Å². The lowest BCUT2D eigenvalue weighted by atomic mass is 10.2. The third kappa shape index (κ3) is 1.93. The molecule has 0 unspecified atom stereocenters. The second kappa shape index (κ2) is 3.79. The molecule has 1 aromatic heterocycles. The van der Waals surface area contributed by atoms with Crippen molar-refractivity contribution in [3.8, 4) is 0 Å². The number of carbonyl (C=O) groups is 1. The lowest BCUT2D eigenvalue weighted by Crippen LogP contribution is -2.36. The van der Waals surface area contributed by atoms with Gasteiger partial charge in [0.05, 0.1) is 0 Å². The van der Waals surface area contributed by atoms with Crippen molar-refractivity contribution in [3.05, 3.63) is 17.7 Å². The Hall–Kier alpha value is -1.36. The van der Waals surface area contributed by atoms with Crippen LogP contribution in [0.4, 0.5) is 0 Å². The maximum Gasteiger partial charge on any atom is 0.271 e. The highest BCUT2D eigenvalue weighted by atomic mass is 16.2. The molecule has 0 aliphatic carbocycles. The van der Waals surface area contributed by atoms with Gasteiger partial charge >= 0.3 is 0 Å². The van der Waals surface area contributed by atoms with Crippen molar-refractivity contribution in [2.75, 3.05) is 13.1 Å². The van der Waals surface area contributed by atoms with Gasteiger partial charge in [0.1, 0.15) is 11.5 Å². The molecule has 5 nitrogen and oxygen atoms in total. The molecule has 2 heterocycles. The van der Waals surface area contributed by atoms with E-state index in [4.69, 9.17) is 0 Å². The van der Waals surface area contributed by atoms with E-state index in [1.54, 1.807) is 6.20 Å². The standard InChI is InChI=1S/C9H14N4O/c1-6-11-5-8(12-6)9(14)13-7-2-3-10-4-7/h5,7,10H,2-4H2,1H3,(H,11,12)(H,13,14)/t7-/m0/s1. The van der Waals surface area contributed by atoms with Crippen LogP contribution in [0, 0.1) is 6.92 Å². The second-order valence-electron chi connectivity index (χ2n) is 3.53. The van der Waals surface area contributed by atoms with E-state index < -0.39 is 0 Å². The summed E-state index contributed by atoms with van der Waals surface area (Å²) in [6.07, 6.45) is 2.63. The molecule has 2 rings (SSSR count). The summed E-state index contributed by atoms with van der Waals surface area (Å²) in [7, 11) is 0. The van der Waals surface area contributed by atoms with E-state index in [2.05, 4.69) is 20.6 Å². The molecule has 76 valence electrons. The van der Waals surface area contributed by atoms with E-state index in [0.29, 0.717) is 5.69 Å². The zero-order valence-electron chi connectivity index (χ0n) is 8.13. The SMILES string of the molecule is Cc1nc(C(=O)N[C@H]2CCNC2)c[nH]1. The minimum Gasteiger partial charge on any atom is -0.348 e. The van der Waals surface area contributed by atoms with Gasteiger partial charge in [-0.05, 0) is 19.9 Å². The number of aromatic amines is 1. The first-order valence-corrected chi connectivity index (χ1v) is 4.79. The van der Waals surface area contributed by atoms with E-state index >= 15 is 0 Å². The number of hydrogen-bond acceptors (Lipinski definition) is 3. The molecule has 1 atom stereocenters. The lowest BCUT2D eigenvalue weighted by Gasteiger charge is -2.08. The van der Waals surface area contributed by atoms with Crippen molar-refractivity contribution in [1.29, 1.82) is 0 Å². The summed E-state index contributed by atoms with van der Waals surface area (Å²) < 4.78 is 0. The topological polar surface area (TPSA) is 69.8 Å². The highest BCUT2D eigenvalue weighted by Gasteiger charge is 2.18. The molecule has 1 fully saturated rings. The predicted octanol–water partition coefficient (Wildman–Crippen LogP) is -0.190. The first-order valence-electron chi connectivity index (χ1n) is 4.79. The lowest BCUT2D eigenvalue weighted by molar-refractivity contribution is 0.0935. The first-order chi connectivity index (χ1) is 6.75. The minimum absolute atomic E-state index is 0.0944. The average molecular weight is 194 g/mol. The number of amides is 1. The maximum absolute atomic E-state index is 11.6. The molecule has 1 aliphatic heterocycles. The third-order valence-corrected chi connectivity index (χ3v) is 2.33. The molecule has 3 N–H and O–H groups in total. The van der Waals surface area contributed by atoms with Crippen LogP contribution in [0.3, 0.4) is 0 Å². The van der Waals surface area contributed by atoms with Crippen LogP contribution in [0.25, 0.3) is 0 Å². The van der Waals surface area contributed by atoms with Gasteiger partial charge in [-0.2, -0.15) is 0 Å². The Labute approximate surface area is 82.3 Å². The van der Waals surface area contributed by atoms with Gasteiger partial charge in [-0.3, -0.25) is 4.79 Å². The van der Waals surface area contributed by atoms with E-state index in [0.717, 1.165) is 25.3 Å². The molecule has 0 radical (unpaired) electrons. The molecule has 0 aromatic carbocycles. The van der Waals surface area contributed by atoms with Crippen molar-refractivity contribution in [2.24, 2.45) is 0 Å². The first kappa shape index (κ1) is 9.21. The molecule has 1 saturated heterocycles. The minimum atomic E-state index is -0.0944. The molecule has 1 aromatic rings. The third-order valence-electron chi connectivity index (χ3n) is 2.33. The molecule has 0 spiro atoms. The summed E-state index contributed by atoms with van der Waals surface area (Å²) in [6.45, 7) is 3.66. The van der Waals surface area contributed by atoms with Crippen LogP contribution < -0.4 is 10.6 Å². The van der Waals surface area contributed by atoms with Crippen molar-refractivity contribution in [3.63, 3.8) is 0 Å². The van der Waals surface area contributed by atoms with Crippen LogP contribution in [-0.4, -0.2) is 35.0 Å². The fourth-order valence-electron chi connectivity index (χ4n) is 1.57. The monoisotopic (exact) mass is 194 g/mol. The number of hydrogen-bond donors (Lipinski definition) is 3. The van der Waals surface area contributed by atoms with E-state index in [1.165, 1.54) is 0 Å². The van der Waals surface area contributed by atoms with Gasteiger partial charge in [-0.25, -0.2) is 4.98 Å². The molecule has 1 aliphatic rings. The summed E-state index contributed by atoms with van der Waals surface area (Å²) in [5, 5.41) is 6.12. The van der Waals surface area contributed by atoms with E-state index in [-0.39, 0.29) is 11.9 Å². The number of H-pyrrole nitrogens is 1. The predicted molar refractivity (Wildman–Crippen MR) is 52.1 cm³/mol.